The molecule has 0 atom stereocenters. The van der Waals surface area contributed by atoms with Crippen LogP contribution in [0.15, 0.2) is 12.7 Å². The van der Waals surface area contributed by atoms with Crippen LogP contribution in [-0.2, 0) is 14.3 Å². The van der Waals surface area contributed by atoms with E-state index in [2.05, 4.69) is 6.58 Å². The molecule has 0 spiro atoms. The highest BCUT2D eigenvalue weighted by Gasteiger charge is 2.12. The van der Waals surface area contributed by atoms with Gasteiger partial charge >= 0.3 is 11.9 Å². The first-order chi connectivity index (χ1) is 8.14. The number of ether oxygens (including phenoxy) is 1. The summed E-state index contributed by atoms with van der Waals surface area (Å²) in [5, 5.41) is 15.4. The molecule has 0 saturated heterocycles. The zero-order valence-corrected chi connectivity index (χ0v) is 11.6. The number of carbonyl (C=O) groups excluding carboxylic acids is 1. The first-order valence-electron chi connectivity index (χ1n) is 5.52. The summed E-state index contributed by atoms with van der Waals surface area (Å²) in [5.74, 6) is -1.21. The van der Waals surface area contributed by atoms with Crippen molar-refractivity contribution in [1.29, 1.82) is 0 Å². The third-order valence-electron chi connectivity index (χ3n) is 0.932. The number of rotatable bonds is 3. The van der Waals surface area contributed by atoms with Gasteiger partial charge in [-0.05, 0) is 27.7 Å². The summed E-state index contributed by atoms with van der Waals surface area (Å²) in [4.78, 5) is 20.0. The molecule has 0 fully saturated rings. The van der Waals surface area contributed by atoms with Crippen molar-refractivity contribution in [2.75, 3.05) is 13.2 Å². The Morgan fingerprint density at radius 2 is 1.78 bits per heavy atom. The summed E-state index contributed by atoms with van der Waals surface area (Å²) < 4.78 is 4.83. The maximum atomic E-state index is 10.5. The molecule has 0 unspecified atom stereocenters. The van der Waals surface area contributed by atoms with Gasteiger partial charge in [-0.3, -0.25) is 4.79 Å². The lowest BCUT2D eigenvalue weighted by atomic mass is 10.2. The van der Waals surface area contributed by atoms with Gasteiger partial charge in [-0.1, -0.05) is 6.58 Å². The molecule has 0 bridgehead atoms. The predicted octanol–water partition coefficient (Wildman–Crippen LogP) is 0.933. The molecule has 18 heavy (non-hydrogen) atoms. The molecule has 0 aliphatic carbocycles. The van der Waals surface area contributed by atoms with Crippen molar-refractivity contribution >= 4 is 11.9 Å². The second-order valence-electron chi connectivity index (χ2n) is 3.99. The van der Waals surface area contributed by atoms with E-state index < -0.39 is 11.6 Å². The third-order valence-corrected chi connectivity index (χ3v) is 0.932. The van der Waals surface area contributed by atoms with Gasteiger partial charge in [-0.25, -0.2) is 4.79 Å². The highest BCUT2D eigenvalue weighted by atomic mass is 16.6. The van der Waals surface area contributed by atoms with Crippen molar-refractivity contribution in [3.05, 3.63) is 12.7 Å². The molecule has 0 saturated carbocycles. The molecule has 108 valence electrons. The molecular formula is C12H25NO5. The lowest BCUT2D eigenvalue weighted by Gasteiger charge is -2.17. The molecule has 0 radical (unpaired) electrons. The van der Waals surface area contributed by atoms with Crippen LogP contribution in [0.5, 0.6) is 0 Å². The summed E-state index contributed by atoms with van der Waals surface area (Å²) in [5.41, 5.74) is 4.45. The highest BCUT2D eigenvalue weighted by molar-refractivity contribution is 5.81. The lowest BCUT2D eigenvalue weighted by Crippen LogP contribution is -2.22. The predicted molar refractivity (Wildman–Crippen MR) is 70.1 cm³/mol. The van der Waals surface area contributed by atoms with Crippen LogP contribution < -0.4 is 5.73 Å². The lowest BCUT2D eigenvalue weighted by molar-refractivity contribution is -0.148. The molecule has 6 nitrogen and oxygen atoms in total. The largest absolute Gasteiger partial charge is 0.481 e. The topological polar surface area (TPSA) is 110 Å². The molecule has 0 aliphatic heterocycles. The minimum Gasteiger partial charge on any atom is -0.481 e. The number of carboxylic acid groups (broad SMARTS) is 1. The second-order valence-corrected chi connectivity index (χ2v) is 3.99. The third kappa shape index (κ3) is 36.5. The Labute approximate surface area is 108 Å². The fourth-order valence-corrected chi connectivity index (χ4v) is 0.467. The fourth-order valence-electron chi connectivity index (χ4n) is 0.467. The number of aliphatic hydroxyl groups is 1. The van der Waals surface area contributed by atoms with Gasteiger partial charge in [-0.2, -0.15) is 0 Å². The molecular weight excluding hydrogens is 238 g/mol. The maximum Gasteiger partial charge on any atom is 0.330 e. The van der Waals surface area contributed by atoms with Gasteiger partial charge in [0, 0.05) is 19.2 Å². The number of aliphatic carboxylic acids is 1. The summed E-state index contributed by atoms with van der Waals surface area (Å²) >= 11 is 0. The van der Waals surface area contributed by atoms with Gasteiger partial charge in [-0.15, -0.1) is 0 Å². The molecule has 0 heterocycles. The number of nitrogens with two attached hydrogens (primary N) is 1. The van der Waals surface area contributed by atoms with Crippen LogP contribution in [0.4, 0.5) is 0 Å². The average Bonchev–Trinajstić information content (AvgIpc) is 2.16. The standard InChI is InChI=1S/C7H12O2.C3H7NO2.C2H6O/c1-5-6(8)9-7(2,3)4;4-2-1-3(5)6;1-2-3/h5H,1H2,2-4H3;1-2,4H2,(H,5,6);3H,2H2,1H3. The number of esters is 1. The Kier molecular flexibility index (Phi) is 16.6. The fraction of sp³-hybridized carbons (Fsp3) is 0.667. The Morgan fingerprint density at radius 3 is 1.83 bits per heavy atom. The Hall–Kier alpha value is -1.40. The van der Waals surface area contributed by atoms with E-state index in [1.165, 1.54) is 0 Å². The summed E-state index contributed by atoms with van der Waals surface area (Å²) in [6.45, 7) is 10.9. The van der Waals surface area contributed by atoms with Crippen molar-refractivity contribution < 1.29 is 24.5 Å². The molecule has 0 aromatic carbocycles. The molecule has 0 amide bonds. The van der Waals surface area contributed by atoms with E-state index >= 15 is 0 Å². The van der Waals surface area contributed by atoms with E-state index in [-0.39, 0.29) is 25.5 Å². The number of aliphatic hydroxyl groups excluding tert-OH is 1. The van der Waals surface area contributed by atoms with E-state index in [9.17, 15) is 9.59 Å². The highest BCUT2D eigenvalue weighted by Crippen LogP contribution is 2.06. The van der Waals surface area contributed by atoms with E-state index in [0.717, 1.165) is 6.08 Å². The first kappa shape index (κ1) is 21.8. The smallest absolute Gasteiger partial charge is 0.330 e. The van der Waals surface area contributed by atoms with Crippen LogP contribution in [0.1, 0.15) is 34.1 Å². The zero-order valence-electron chi connectivity index (χ0n) is 11.6. The summed E-state index contributed by atoms with van der Waals surface area (Å²) in [7, 11) is 0. The average molecular weight is 263 g/mol. The van der Waals surface area contributed by atoms with Crippen molar-refractivity contribution in [2.45, 2.75) is 39.7 Å². The molecule has 6 heteroatoms. The first-order valence-corrected chi connectivity index (χ1v) is 5.52. The Balaban J connectivity index is -0.000000216. The van der Waals surface area contributed by atoms with Gasteiger partial charge < -0.3 is 20.7 Å². The Bertz CT molecular complexity index is 233. The SMILES string of the molecule is C=CC(=O)OC(C)(C)C.CCO.NCCC(=O)O. The van der Waals surface area contributed by atoms with Gasteiger partial charge in [0.25, 0.3) is 0 Å². The minimum atomic E-state index is -0.836. The summed E-state index contributed by atoms with van der Waals surface area (Å²) in [6.07, 6.45) is 1.23. The van der Waals surface area contributed by atoms with Crippen molar-refractivity contribution in [3.8, 4) is 0 Å². The second kappa shape index (κ2) is 13.7. The van der Waals surface area contributed by atoms with Gasteiger partial charge in [0.15, 0.2) is 0 Å². The van der Waals surface area contributed by atoms with Crippen LogP contribution in [0, 0.1) is 0 Å². The number of carbonyl (C=O) groups is 2. The quantitative estimate of drug-likeness (QED) is 0.516. The van der Waals surface area contributed by atoms with Crippen LogP contribution in [0.3, 0.4) is 0 Å². The molecule has 0 aromatic rings. The van der Waals surface area contributed by atoms with Gasteiger partial charge in [0.1, 0.15) is 5.60 Å². The van der Waals surface area contributed by atoms with Crippen molar-refractivity contribution in [2.24, 2.45) is 5.73 Å². The van der Waals surface area contributed by atoms with Gasteiger partial charge in [0.05, 0.1) is 6.42 Å². The van der Waals surface area contributed by atoms with Crippen molar-refractivity contribution in [3.63, 3.8) is 0 Å². The van der Waals surface area contributed by atoms with E-state index in [1.54, 1.807) is 6.92 Å². The number of hydrogen-bond donors (Lipinski definition) is 3. The molecule has 0 rings (SSSR count). The monoisotopic (exact) mass is 263 g/mol. The van der Waals surface area contributed by atoms with E-state index in [1.807, 2.05) is 20.8 Å². The molecule has 0 aliphatic rings. The van der Waals surface area contributed by atoms with Crippen LogP contribution in [-0.4, -0.2) is 40.9 Å². The number of hydrogen-bond acceptors (Lipinski definition) is 5. The van der Waals surface area contributed by atoms with Crippen LogP contribution >= 0.6 is 0 Å². The Morgan fingerprint density at radius 1 is 1.39 bits per heavy atom. The normalized spacial score (nSPS) is 9.00. The van der Waals surface area contributed by atoms with Gasteiger partial charge in [0.2, 0.25) is 0 Å². The summed E-state index contributed by atoms with van der Waals surface area (Å²) in [6, 6.07) is 0. The van der Waals surface area contributed by atoms with Crippen LogP contribution in [0.25, 0.3) is 0 Å². The number of carboxylic acids is 1. The maximum absolute atomic E-state index is 10.5. The minimum absolute atomic E-state index is 0.0694. The van der Waals surface area contributed by atoms with E-state index in [4.69, 9.17) is 20.7 Å². The molecule has 4 N–H and O–H groups in total. The molecule has 0 aromatic heterocycles. The van der Waals surface area contributed by atoms with Crippen molar-refractivity contribution in [1.82, 2.24) is 0 Å². The van der Waals surface area contributed by atoms with Crippen LogP contribution in [0.2, 0.25) is 0 Å². The zero-order chi connectivity index (χ0) is 15.2. The van der Waals surface area contributed by atoms with E-state index in [0.29, 0.717) is 0 Å².